The summed E-state index contributed by atoms with van der Waals surface area (Å²) < 4.78 is 38.1. The minimum Gasteiger partial charge on any atom is -0.343 e. The van der Waals surface area contributed by atoms with Crippen molar-refractivity contribution < 1.29 is 22.8 Å². The third-order valence-corrected chi connectivity index (χ3v) is 5.71. The number of rotatable bonds is 6. The Morgan fingerprint density at radius 2 is 1.39 bits per heavy atom. The van der Waals surface area contributed by atoms with Gasteiger partial charge in [0.15, 0.2) is 0 Å². The summed E-state index contributed by atoms with van der Waals surface area (Å²) in [6.07, 6.45) is -2.88. The summed E-state index contributed by atoms with van der Waals surface area (Å²) in [6, 6.07) is 20.8. The first-order valence-corrected chi connectivity index (χ1v) is 11.1. The fraction of sp³-hybridized carbons (Fsp3) is 0.0741. The zero-order valence-electron chi connectivity index (χ0n) is 18.9. The van der Waals surface area contributed by atoms with E-state index < -0.39 is 17.6 Å². The number of anilines is 3. The van der Waals surface area contributed by atoms with E-state index in [2.05, 4.69) is 10.3 Å². The van der Waals surface area contributed by atoms with Crippen molar-refractivity contribution in [2.24, 2.45) is 0 Å². The Hall–Kier alpha value is -4.17. The summed E-state index contributed by atoms with van der Waals surface area (Å²) in [6.45, 7) is 0. The second kappa shape index (κ2) is 10.2. The predicted molar refractivity (Wildman–Crippen MR) is 133 cm³/mol. The number of ketones is 1. The summed E-state index contributed by atoms with van der Waals surface area (Å²) in [4.78, 5) is 31.4. The number of hydrogen-bond acceptors (Lipinski definition) is 4. The third-order valence-electron chi connectivity index (χ3n) is 5.46. The maximum Gasteiger partial charge on any atom is 0.416 e. The van der Waals surface area contributed by atoms with Crippen molar-refractivity contribution in [2.45, 2.75) is 6.18 Å². The quantitative estimate of drug-likeness (QED) is 0.284. The van der Waals surface area contributed by atoms with Crippen LogP contribution in [0.15, 0.2) is 91.1 Å². The molecule has 182 valence electrons. The molecule has 0 radical (unpaired) electrons. The van der Waals surface area contributed by atoms with Gasteiger partial charge in [-0.25, -0.2) is 0 Å². The molecule has 1 aromatic heterocycles. The highest BCUT2D eigenvalue weighted by Gasteiger charge is 2.30. The normalized spacial score (nSPS) is 11.1. The lowest BCUT2D eigenvalue weighted by atomic mass is 10.1. The predicted octanol–water partition coefficient (Wildman–Crippen LogP) is 7.01. The highest BCUT2D eigenvalue weighted by Crippen LogP contribution is 2.29. The highest BCUT2D eigenvalue weighted by atomic mass is 35.5. The largest absolute Gasteiger partial charge is 0.416 e. The number of carbonyl (C=O) groups excluding carboxylic acids is 2. The second-order valence-electron chi connectivity index (χ2n) is 7.87. The summed E-state index contributed by atoms with van der Waals surface area (Å²) in [7, 11) is 1.87. The number of pyridine rings is 1. The van der Waals surface area contributed by atoms with E-state index in [0.717, 1.165) is 35.6 Å². The van der Waals surface area contributed by atoms with Crippen LogP contribution in [0, 0.1) is 0 Å². The molecule has 1 amide bonds. The number of nitrogens with one attached hydrogen (secondary N) is 1. The maximum atomic E-state index is 12.8. The molecule has 0 atom stereocenters. The van der Waals surface area contributed by atoms with E-state index >= 15 is 0 Å². The number of benzene rings is 3. The van der Waals surface area contributed by atoms with Gasteiger partial charge in [0.2, 0.25) is 5.78 Å². The first-order valence-electron chi connectivity index (χ1n) is 10.7. The molecular weight excluding hydrogens is 491 g/mol. The van der Waals surface area contributed by atoms with Crippen molar-refractivity contribution in [3.63, 3.8) is 0 Å². The molecule has 0 saturated carbocycles. The van der Waals surface area contributed by atoms with E-state index in [4.69, 9.17) is 11.6 Å². The Labute approximate surface area is 210 Å². The van der Waals surface area contributed by atoms with Crippen molar-refractivity contribution in [3.8, 4) is 0 Å². The summed E-state index contributed by atoms with van der Waals surface area (Å²) in [5.41, 5.74) is 1.96. The molecule has 0 fully saturated rings. The zero-order chi connectivity index (χ0) is 25.9. The Balaban J connectivity index is 1.41. The molecule has 0 unspecified atom stereocenters. The monoisotopic (exact) mass is 509 g/mol. The average Bonchev–Trinajstić information content (AvgIpc) is 2.88. The lowest BCUT2D eigenvalue weighted by molar-refractivity contribution is -0.137. The number of carbonyl (C=O) groups is 2. The van der Waals surface area contributed by atoms with Crippen LogP contribution in [0.3, 0.4) is 0 Å². The summed E-state index contributed by atoms with van der Waals surface area (Å²) >= 11 is 5.93. The lowest BCUT2D eigenvalue weighted by Crippen LogP contribution is -2.13. The maximum absolute atomic E-state index is 12.8. The first kappa shape index (κ1) is 24.9. The van der Waals surface area contributed by atoms with Crippen LogP contribution in [0.2, 0.25) is 5.02 Å². The Kier molecular flexibility index (Phi) is 7.07. The molecule has 36 heavy (non-hydrogen) atoms. The lowest BCUT2D eigenvalue weighted by Gasteiger charge is -2.19. The van der Waals surface area contributed by atoms with Gasteiger partial charge >= 0.3 is 6.18 Å². The molecule has 0 aliphatic carbocycles. The van der Waals surface area contributed by atoms with Gasteiger partial charge in [-0.2, -0.15) is 13.2 Å². The molecule has 4 aromatic rings. The van der Waals surface area contributed by atoms with Gasteiger partial charge in [0, 0.05) is 34.6 Å². The van der Waals surface area contributed by atoms with Crippen LogP contribution in [0.5, 0.6) is 0 Å². The second-order valence-corrected chi connectivity index (χ2v) is 8.31. The van der Waals surface area contributed by atoms with E-state index in [1.165, 1.54) is 12.1 Å². The van der Waals surface area contributed by atoms with Crippen molar-refractivity contribution in [1.29, 1.82) is 0 Å². The number of nitrogens with zero attached hydrogens (tertiary/aromatic N) is 2. The molecule has 0 aliphatic rings. The van der Waals surface area contributed by atoms with Crippen LogP contribution in [0.4, 0.5) is 30.2 Å². The van der Waals surface area contributed by atoms with Gasteiger partial charge in [-0.1, -0.05) is 11.6 Å². The zero-order valence-corrected chi connectivity index (χ0v) is 19.6. The Morgan fingerprint density at radius 1 is 0.806 bits per heavy atom. The van der Waals surface area contributed by atoms with Crippen molar-refractivity contribution in [1.82, 2.24) is 4.98 Å². The van der Waals surface area contributed by atoms with Crippen LogP contribution in [-0.2, 0) is 6.18 Å². The van der Waals surface area contributed by atoms with Crippen molar-refractivity contribution in [3.05, 3.63) is 119 Å². The van der Waals surface area contributed by atoms with Crippen molar-refractivity contribution >= 4 is 40.4 Å². The van der Waals surface area contributed by atoms with E-state index in [0.29, 0.717) is 16.3 Å². The summed E-state index contributed by atoms with van der Waals surface area (Å²) in [5.74, 6) is -0.860. The average molecular weight is 510 g/mol. The highest BCUT2D eigenvalue weighted by molar-refractivity contribution is 6.30. The molecule has 9 heteroatoms. The minimum absolute atomic E-state index is 0.0796. The van der Waals surface area contributed by atoms with Gasteiger partial charge in [0.1, 0.15) is 5.69 Å². The van der Waals surface area contributed by atoms with Crippen LogP contribution in [0.25, 0.3) is 0 Å². The van der Waals surface area contributed by atoms with Gasteiger partial charge < -0.3 is 10.2 Å². The Morgan fingerprint density at radius 3 is 1.94 bits per heavy atom. The van der Waals surface area contributed by atoms with Gasteiger partial charge in [-0.3, -0.25) is 14.6 Å². The molecule has 4 rings (SSSR count). The summed E-state index contributed by atoms with van der Waals surface area (Å²) in [5, 5.41) is 3.24. The van der Waals surface area contributed by atoms with E-state index in [1.54, 1.807) is 42.6 Å². The molecular formula is C27H19ClF3N3O2. The Bertz CT molecular complexity index is 1370. The molecule has 1 heterocycles. The SMILES string of the molecule is CN(c1ccc(Cl)cc1)c1ccc(C(=O)c2ccc(NC(=O)c3ccc(C(F)(F)F)cc3)cc2)nc1. The number of hydrogen-bond donors (Lipinski definition) is 1. The molecule has 0 bridgehead atoms. The van der Waals surface area contributed by atoms with E-state index in [1.807, 2.05) is 24.1 Å². The van der Waals surface area contributed by atoms with E-state index in [9.17, 15) is 22.8 Å². The molecule has 1 N–H and O–H groups in total. The number of aromatic nitrogens is 1. The molecule has 0 aliphatic heterocycles. The van der Waals surface area contributed by atoms with Gasteiger partial charge in [-0.05, 0) is 84.9 Å². The number of amides is 1. The molecule has 5 nitrogen and oxygen atoms in total. The minimum atomic E-state index is -4.47. The van der Waals surface area contributed by atoms with Crippen LogP contribution in [-0.4, -0.2) is 23.7 Å². The van der Waals surface area contributed by atoms with Gasteiger partial charge in [0.05, 0.1) is 17.4 Å². The smallest absolute Gasteiger partial charge is 0.343 e. The van der Waals surface area contributed by atoms with Crippen LogP contribution < -0.4 is 10.2 Å². The van der Waals surface area contributed by atoms with Gasteiger partial charge in [-0.15, -0.1) is 0 Å². The number of alkyl halides is 3. The van der Waals surface area contributed by atoms with E-state index in [-0.39, 0.29) is 17.0 Å². The van der Waals surface area contributed by atoms with Gasteiger partial charge in [0.25, 0.3) is 5.91 Å². The van der Waals surface area contributed by atoms with Crippen molar-refractivity contribution in [2.75, 3.05) is 17.3 Å². The standard InChI is InChI=1S/C27H19ClF3N3O2/c1-34(22-12-8-20(28)9-13-22)23-14-15-24(32-16-23)25(35)17-4-10-21(11-5-17)33-26(36)18-2-6-19(7-3-18)27(29,30)31/h2-16H,1H3,(H,33,36). The van der Waals surface area contributed by atoms with Crippen LogP contribution >= 0.6 is 11.6 Å². The van der Waals surface area contributed by atoms with Crippen LogP contribution in [0.1, 0.15) is 32.0 Å². The third kappa shape index (κ3) is 5.72. The molecule has 3 aromatic carbocycles. The fourth-order valence-electron chi connectivity index (χ4n) is 3.40. The first-order chi connectivity index (χ1) is 17.1. The number of halogens is 4. The topological polar surface area (TPSA) is 62.3 Å². The molecule has 0 spiro atoms. The fourth-order valence-corrected chi connectivity index (χ4v) is 3.53. The molecule has 0 saturated heterocycles.